The van der Waals surface area contributed by atoms with Crippen LogP contribution in [-0.4, -0.2) is 26.1 Å². The maximum Gasteiger partial charge on any atom is 0.228 e. The first kappa shape index (κ1) is 17.0. The molecule has 24 heavy (non-hydrogen) atoms. The van der Waals surface area contributed by atoms with E-state index in [-0.39, 0.29) is 34.0 Å². The van der Waals surface area contributed by atoms with Gasteiger partial charge < -0.3 is 4.90 Å². The van der Waals surface area contributed by atoms with E-state index in [1.54, 1.807) is 17.0 Å². The Bertz CT molecular complexity index is 879. The van der Waals surface area contributed by atoms with E-state index in [1.807, 2.05) is 31.2 Å². The summed E-state index contributed by atoms with van der Waals surface area (Å²) in [5.74, 6) is -0.427. The fourth-order valence-electron chi connectivity index (χ4n) is 3.09. The largest absolute Gasteiger partial charge is 0.309 e. The number of anilines is 1. The first-order valence-corrected chi connectivity index (χ1v) is 9.80. The number of sulfone groups is 1. The van der Waals surface area contributed by atoms with E-state index < -0.39 is 9.84 Å². The van der Waals surface area contributed by atoms with E-state index in [0.29, 0.717) is 0 Å². The molecule has 0 saturated carbocycles. The van der Waals surface area contributed by atoms with E-state index in [2.05, 4.69) is 0 Å². The third kappa shape index (κ3) is 3.19. The van der Waals surface area contributed by atoms with Crippen molar-refractivity contribution in [2.24, 2.45) is 0 Å². The number of fused-ring (bicyclic) bond motifs is 1. The topological polar surface area (TPSA) is 54.5 Å². The average molecular weight is 364 g/mol. The molecule has 0 aliphatic carbocycles. The van der Waals surface area contributed by atoms with Crippen LogP contribution >= 0.6 is 11.6 Å². The number of nitrogens with zero attached hydrogens (tertiary/aromatic N) is 1. The van der Waals surface area contributed by atoms with Crippen LogP contribution in [0, 0.1) is 0 Å². The number of para-hydroxylation sites is 1. The highest BCUT2D eigenvalue weighted by molar-refractivity contribution is 7.91. The summed E-state index contributed by atoms with van der Waals surface area (Å²) in [6, 6.07) is 14.1. The quantitative estimate of drug-likeness (QED) is 0.835. The molecule has 6 heteroatoms. The fraction of sp³-hybridized carbons (Fsp3) is 0.278. The van der Waals surface area contributed by atoms with Gasteiger partial charge in [0.15, 0.2) is 9.84 Å². The lowest BCUT2D eigenvalue weighted by Gasteiger charge is -2.22. The Kier molecular flexibility index (Phi) is 4.65. The van der Waals surface area contributed by atoms with Crippen LogP contribution in [-0.2, 0) is 21.1 Å². The number of benzene rings is 2. The highest BCUT2D eigenvalue weighted by Gasteiger charge is 2.31. The molecular weight excluding hydrogens is 346 g/mol. The Balaban J connectivity index is 1.76. The Morgan fingerprint density at radius 2 is 1.83 bits per heavy atom. The second-order valence-corrected chi connectivity index (χ2v) is 8.43. The molecule has 0 fully saturated rings. The van der Waals surface area contributed by atoms with Crippen LogP contribution in [0.1, 0.15) is 18.9 Å². The first-order chi connectivity index (χ1) is 11.4. The van der Waals surface area contributed by atoms with Gasteiger partial charge in [-0.05, 0) is 37.1 Å². The smallest absolute Gasteiger partial charge is 0.228 e. The summed E-state index contributed by atoms with van der Waals surface area (Å²) in [4.78, 5) is 14.4. The molecule has 2 aromatic rings. The molecule has 3 rings (SSSR count). The average Bonchev–Trinajstić information content (AvgIpc) is 2.89. The molecule has 126 valence electrons. The second kappa shape index (κ2) is 6.57. The molecule has 0 radical (unpaired) electrons. The summed E-state index contributed by atoms with van der Waals surface area (Å²) in [5, 5.41) is 0.185. The van der Waals surface area contributed by atoms with Gasteiger partial charge in [-0.1, -0.05) is 41.9 Å². The number of carbonyl (C=O) groups is 1. The third-order valence-corrected chi connectivity index (χ3v) is 6.44. The van der Waals surface area contributed by atoms with Gasteiger partial charge in [-0.3, -0.25) is 4.79 Å². The Morgan fingerprint density at radius 3 is 2.58 bits per heavy atom. The summed E-state index contributed by atoms with van der Waals surface area (Å²) in [5.41, 5.74) is 2.00. The summed E-state index contributed by atoms with van der Waals surface area (Å²) in [6.45, 7) is 1.97. The summed E-state index contributed by atoms with van der Waals surface area (Å²) < 4.78 is 24.9. The van der Waals surface area contributed by atoms with E-state index in [1.165, 1.54) is 12.1 Å². The van der Waals surface area contributed by atoms with Crippen molar-refractivity contribution in [3.8, 4) is 0 Å². The molecule has 1 unspecified atom stereocenters. The highest BCUT2D eigenvalue weighted by atomic mass is 35.5. The van der Waals surface area contributed by atoms with Crippen molar-refractivity contribution in [3.63, 3.8) is 0 Å². The minimum atomic E-state index is -3.59. The third-order valence-electron chi connectivity index (χ3n) is 4.23. The van der Waals surface area contributed by atoms with Gasteiger partial charge in [-0.2, -0.15) is 0 Å². The maximum absolute atomic E-state index is 12.6. The molecule has 0 aromatic heterocycles. The number of amides is 1. The van der Waals surface area contributed by atoms with Crippen molar-refractivity contribution in [1.82, 2.24) is 0 Å². The van der Waals surface area contributed by atoms with Crippen molar-refractivity contribution >= 4 is 33.0 Å². The zero-order valence-electron chi connectivity index (χ0n) is 13.3. The van der Waals surface area contributed by atoms with Crippen LogP contribution in [0.15, 0.2) is 53.4 Å². The minimum Gasteiger partial charge on any atom is -0.309 e. The molecule has 2 aromatic carbocycles. The van der Waals surface area contributed by atoms with Crippen molar-refractivity contribution in [2.75, 3.05) is 10.7 Å². The Morgan fingerprint density at radius 1 is 1.17 bits per heavy atom. The van der Waals surface area contributed by atoms with E-state index in [0.717, 1.165) is 17.7 Å². The molecule has 4 nitrogen and oxygen atoms in total. The monoisotopic (exact) mass is 363 g/mol. The van der Waals surface area contributed by atoms with Crippen LogP contribution in [0.25, 0.3) is 0 Å². The van der Waals surface area contributed by atoms with Gasteiger partial charge in [0.2, 0.25) is 5.91 Å². The predicted molar refractivity (Wildman–Crippen MR) is 95.2 cm³/mol. The molecule has 1 heterocycles. The Labute approximate surface area is 147 Å². The van der Waals surface area contributed by atoms with E-state index in [4.69, 9.17) is 11.6 Å². The van der Waals surface area contributed by atoms with Gasteiger partial charge in [-0.15, -0.1) is 0 Å². The SMILES string of the molecule is CC1Cc2ccccc2N1C(=O)CCS(=O)(=O)c1ccccc1Cl. The standard InChI is InChI=1S/C18H18ClNO3S/c1-13-12-14-6-2-4-8-16(14)20(13)18(21)10-11-24(22,23)17-9-5-3-7-15(17)19/h2-9,13H,10-12H2,1H3. The van der Waals surface area contributed by atoms with Gasteiger partial charge in [0.1, 0.15) is 0 Å². The lowest BCUT2D eigenvalue weighted by Crippen LogP contribution is -2.36. The molecular formula is C18H18ClNO3S. The second-order valence-electron chi connectivity index (χ2n) is 5.94. The molecule has 0 saturated heterocycles. The summed E-state index contributed by atoms with van der Waals surface area (Å²) >= 11 is 5.97. The molecule has 1 amide bonds. The van der Waals surface area contributed by atoms with Crippen molar-refractivity contribution in [1.29, 1.82) is 0 Å². The fourth-order valence-corrected chi connectivity index (χ4v) is 4.90. The molecule has 0 bridgehead atoms. The first-order valence-electron chi connectivity index (χ1n) is 7.77. The number of hydrogen-bond donors (Lipinski definition) is 0. The zero-order valence-corrected chi connectivity index (χ0v) is 14.8. The van der Waals surface area contributed by atoms with Crippen molar-refractivity contribution in [3.05, 3.63) is 59.1 Å². The van der Waals surface area contributed by atoms with Gasteiger partial charge in [0, 0.05) is 18.2 Å². The number of rotatable bonds is 4. The molecule has 1 aliphatic heterocycles. The molecule has 1 aliphatic rings. The highest BCUT2D eigenvalue weighted by Crippen LogP contribution is 2.32. The zero-order chi connectivity index (χ0) is 17.3. The molecule has 0 spiro atoms. The predicted octanol–water partition coefficient (Wildman–Crippen LogP) is 3.48. The van der Waals surface area contributed by atoms with Crippen LogP contribution < -0.4 is 4.90 Å². The lowest BCUT2D eigenvalue weighted by atomic mass is 10.1. The van der Waals surface area contributed by atoms with Crippen LogP contribution in [0.3, 0.4) is 0 Å². The van der Waals surface area contributed by atoms with E-state index >= 15 is 0 Å². The summed E-state index contributed by atoms with van der Waals surface area (Å²) in [7, 11) is -3.59. The maximum atomic E-state index is 12.6. The summed E-state index contributed by atoms with van der Waals surface area (Å²) in [6.07, 6.45) is 0.728. The molecule has 0 N–H and O–H groups in total. The lowest BCUT2D eigenvalue weighted by molar-refractivity contribution is -0.118. The van der Waals surface area contributed by atoms with Gasteiger partial charge in [0.05, 0.1) is 15.7 Å². The minimum absolute atomic E-state index is 0.0397. The number of halogens is 1. The normalized spacial score (nSPS) is 16.9. The van der Waals surface area contributed by atoms with Crippen molar-refractivity contribution in [2.45, 2.75) is 30.7 Å². The van der Waals surface area contributed by atoms with Crippen molar-refractivity contribution < 1.29 is 13.2 Å². The van der Waals surface area contributed by atoms with E-state index in [9.17, 15) is 13.2 Å². The van der Waals surface area contributed by atoms with Crippen LogP contribution in [0.4, 0.5) is 5.69 Å². The molecule has 1 atom stereocenters. The van der Waals surface area contributed by atoms with Gasteiger partial charge in [-0.25, -0.2) is 8.42 Å². The van der Waals surface area contributed by atoms with Gasteiger partial charge >= 0.3 is 0 Å². The Hall–Kier alpha value is -1.85. The van der Waals surface area contributed by atoms with Crippen LogP contribution in [0.5, 0.6) is 0 Å². The van der Waals surface area contributed by atoms with Gasteiger partial charge in [0.25, 0.3) is 0 Å². The van der Waals surface area contributed by atoms with Crippen LogP contribution in [0.2, 0.25) is 5.02 Å². The number of hydrogen-bond acceptors (Lipinski definition) is 3. The number of carbonyl (C=O) groups excluding carboxylic acids is 1.